The number of fused-ring (bicyclic) bond motifs is 2. The first kappa shape index (κ1) is 22.2. The first-order valence-electron chi connectivity index (χ1n) is 11.2. The maximum absolute atomic E-state index is 11.1. The van der Waals surface area contributed by atoms with E-state index in [0.717, 1.165) is 16.5 Å². The molecule has 0 spiro atoms. The average molecular weight is 449 g/mol. The van der Waals surface area contributed by atoms with Crippen molar-refractivity contribution < 1.29 is 28.8 Å². The summed E-state index contributed by atoms with van der Waals surface area (Å²) in [6, 6.07) is 24.1. The van der Waals surface area contributed by atoms with E-state index in [1.54, 1.807) is 6.08 Å². The van der Waals surface area contributed by atoms with Crippen LogP contribution in [0.25, 0.3) is 10.8 Å². The minimum atomic E-state index is -1.03. The molecule has 3 aromatic carbocycles. The summed E-state index contributed by atoms with van der Waals surface area (Å²) in [4.78, 5) is 0. The number of benzene rings is 3. The average Bonchev–Trinajstić information content (AvgIpc) is 2.87. The van der Waals surface area contributed by atoms with Crippen molar-refractivity contribution in [2.24, 2.45) is 0 Å². The van der Waals surface area contributed by atoms with Crippen LogP contribution in [-0.2, 0) is 30.3 Å². The molecule has 0 radical (unpaired) electrons. The van der Waals surface area contributed by atoms with Gasteiger partial charge in [0.25, 0.3) is 0 Å². The molecule has 33 heavy (non-hydrogen) atoms. The smallest absolute Gasteiger partial charge is 0.187 e. The molecule has 0 bridgehead atoms. The normalized spacial score (nSPS) is 29.5. The van der Waals surface area contributed by atoms with Gasteiger partial charge in [-0.05, 0) is 22.4 Å². The van der Waals surface area contributed by atoms with E-state index in [-0.39, 0.29) is 6.61 Å². The van der Waals surface area contributed by atoms with Gasteiger partial charge in [-0.15, -0.1) is 6.58 Å². The van der Waals surface area contributed by atoms with Gasteiger partial charge in [0.2, 0.25) is 0 Å². The molecule has 2 aliphatic rings. The Morgan fingerprint density at radius 2 is 1.73 bits per heavy atom. The number of ether oxygens (including phenoxy) is 5. The van der Waals surface area contributed by atoms with E-state index in [0.29, 0.717) is 13.2 Å². The Bertz CT molecular complexity index is 1070. The minimum absolute atomic E-state index is 0.255. The van der Waals surface area contributed by atoms with Crippen molar-refractivity contribution in [1.29, 1.82) is 0 Å². The highest BCUT2D eigenvalue weighted by Crippen LogP contribution is 2.36. The molecule has 1 N–H and O–H groups in total. The molecule has 4 unspecified atom stereocenters. The van der Waals surface area contributed by atoms with Gasteiger partial charge in [0.05, 0.1) is 19.8 Å². The quantitative estimate of drug-likeness (QED) is 0.549. The van der Waals surface area contributed by atoms with Crippen LogP contribution in [0, 0.1) is 0 Å². The molecule has 2 saturated heterocycles. The Balaban J connectivity index is 1.35. The lowest BCUT2D eigenvalue weighted by atomic mass is 9.97. The van der Waals surface area contributed by atoms with Gasteiger partial charge in [0.1, 0.15) is 24.4 Å². The van der Waals surface area contributed by atoms with Crippen LogP contribution < -0.4 is 0 Å². The van der Waals surface area contributed by atoms with Gasteiger partial charge in [0, 0.05) is 5.56 Å². The van der Waals surface area contributed by atoms with Crippen LogP contribution in [0.5, 0.6) is 0 Å². The van der Waals surface area contributed by atoms with Gasteiger partial charge >= 0.3 is 0 Å². The number of hydrogen-bond acceptors (Lipinski definition) is 6. The second-order valence-electron chi connectivity index (χ2n) is 8.29. The van der Waals surface area contributed by atoms with Gasteiger partial charge in [-0.2, -0.15) is 0 Å². The zero-order valence-corrected chi connectivity index (χ0v) is 18.3. The number of rotatable bonds is 7. The zero-order chi connectivity index (χ0) is 22.6. The van der Waals surface area contributed by atoms with Crippen LogP contribution in [-0.4, -0.2) is 49.0 Å². The fourth-order valence-electron chi connectivity index (χ4n) is 4.35. The summed E-state index contributed by atoms with van der Waals surface area (Å²) in [5.74, 6) is 0. The molecule has 0 amide bonds. The number of aliphatic hydroxyl groups is 1. The molecular weight excluding hydrogens is 420 g/mol. The van der Waals surface area contributed by atoms with E-state index in [4.69, 9.17) is 23.7 Å². The van der Waals surface area contributed by atoms with E-state index < -0.39 is 37.0 Å². The van der Waals surface area contributed by atoms with Crippen molar-refractivity contribution in [3.05, 3.63) is 96.6 Å². The SMILES string of the molecule is C=CCO[C@@H]1OC2COC(c3ccccc3)O[C@@H]2C(OCc2ccc3ccccc3c2)C1O. The van der Waals surface area contributed by atoms with Crippen LogP contribution in [0.15, 0.2) is 85.5 Å². The molecule has 0 saturated carbocycles. The molecule has 6 heteroatoms. The lowest BCUT2D eigenvalue weighted by Crippen LogP contribution is -2.63. The second kappa shape index (κ2) is 10.1. The third kappa shape index (κ3) is 4.87. The van der Waals surface area contributed by atoms with Gasteiger partial charge < -0.3 is 28.8 Å². The molecule has 6 nitrogen and oxygen atoms in total. The third-order valence-corrected chi connectivity index (χ3v) is 6.01. The molecule has 172 valence electrons. The largest absolute Gasteiger partial charge is 0.385 e. The Morgan fingerprint density at radius 3 is 2.55 bits per heavy atom. The van der Waals surface area contributed by atoms with Crippen LogP contribution in [0.3, 0.4) is 0 Å². The predicted molar refractivity (Wildman–Crippen MR) is 123 cm³/mol. The summed E-state index contributed by atoms with van der Waals surface area (Å²) in [6.07, 6.45) is -2.41. The number of aliphatic hydroxyl groups excluding tert-OH is 1. The molecule has 3 aromatic rings. The summed E-state index contributed by atoms with van der Waals surface area (Å²) in [7, 11) is 0. The summed E-state index contributed by atoms with van der Waals surface area (Å²) in [6.45, 7) is 4.56. The molecule has 0 aromatic heterocycles. The fraction of sp³-hybridized carbons (Fsp3) is 0.333. The highest BCUT2D eigenvalue weighted by Gasteiger charge is 2.50. The van der Waals surface area contributed by atoms with Crippen molar-refractivity contribution in [2.75, 3.05) is 13.2 Å². The fourth-order valence-corrected chi connectivity index (χ4v) is 4.35. The molecule has 2 aliphatic heterocycles. The molecule has 2 heterocycles. The minimum Gasteiger partial charge on any atom is -0.385 e. The topological polar surface area (TPSA) is 66.4 Å². The second-order valence-corrected chi connectivity index (χ2v) is 8.29. The molecule has 2 fully saturated rings. The van der Waals surface area contributed by atoms with Gasteiger partial charge in [0.15, 0.2) is 12.6 Å². The standard InChI is InChI=1S/C27H28O6/c1-2-14-29-27-23(28)25(30-16-18-12-13-19-8-6-7-11-21(19)15-18)24-22(32-27)17-31-26(33-24)20-9-4-3-5-10-20/h2-13,15,22-28H,1,14,16-17H2/t22?,23?,24-,25?,26?,27+/m0/s1. The lowest BCUT2D eigenvalue weighted by Gasteiger charge is -2.47. The Morgan fingerprint density at radius 1 is 0.939 bits per heavy atom. The Hall–Kier alpha value is -2.58. The lowest BCUT2D eigenvalue weighted by molar-refractivity contribution is -0.365. The van der Waals surface area contributed by atoms with Gasteiger partial charge in [-0.1, -0.05) is 72.8 Å². The van der Waals surface area contributed by atoms with Crippen LogP contribution in [0.1, 0.15) is 17.4 Å². The first-order chi connectivity index (χ1) is 16.2. The van der Waals surface area contributed by atoms with E-state index in [2.05, 4.69) is 30.8 Å². The third-order valence-electron chi connectivity index (χ3n) is 6.01. The highest BCUT2D eigenvalue weighted by molar-refractivity contribution is 5.82. The van der Waals surface area contributed by atoms with E-state index in [1.807, 2.05) is 48.5 Å². The van der Waals surface area contributed by atoms with Crippen molar-refractivity contribution in [1.82, 2.24) is 0 Å². The van der Waals surface area contributed by atoms with Crippen molar-refractivity contribution in [3.8, 4) is 0 Å². The Labute approximate surface area is 193 Å². The van der Waals surface area contributed by atoms with Gasteiger partial charge in [-0.25, -0.2) is 0 Å². The number of hydrogen-bond donors (Lipinski definition) is 1. The predicted octanol–water partition coefficient (Wildman–Crippen LogP) is 4.13. The van der Waals surface area contributed by atoms with E-state index >= 15 is 0 Å². The summed E-state index contributed by atoms with van der Waals surface area (Å²) >= 11 is 0. The molecular formula is C27H28O6. The van der Waals surface area contributed by atoms with Crippen LogP contribution >= 0.6 is 0 Å². The monoisotopic (exact) mass is 448 g/mol. The molecule has 6 atom stereocenters. The zero-order valence-electron chi connectivity index (χ0n) is 18.3. The maximum Gasteiger partial charge on any atom is 0.187 e. The summed E-state index contributed by atoms with van der Waals surface area (Å²) < 4.78 is 30.1. The van der Waals surface area contributed by atoms with Crippen molar-refractivity contribution >= 4 is 10.8 Å². The van der Waals surface area contributed by atoms with Crippen molar-refractivity contribution in [2.45, 2.75) is 43.6 Å². The maximum atomic E-state index is 11.1. The summed E-state index contributed by atoms with van der Waals surface area (Å²) in [5.41, 5.74) is 1.92. The van der Waals surface area contributed by atoms with E-state index in [1.165, 1.54) is 5.39 Å². The van der Waals surface area contributed by atoms with Crippen LogP contribution in [0.2, 0.25) is 0 Å². The van der Waals surface area contributed by atoms with Gasteiger partial charge in [-0.3, -0.25) is 0 Å². The van der Waals surface area contributed by atoms with Crippen molar-refractivity contribution in [3.63, 3.8) is 0 Å². The first-order valence-corrected chi connectivity index (χ1v) is 11.2. The van der Waals surface area contributed by atoms with E-state index in [9.17, 15) is 5.11 Å². The van der Waals surface area contributed by atoms with Crippen LogP contribution in [0.4, 0.5) is 0 Å². The molecule has 5 rings (SSSR count). The summed E-state index contributed by atoms with van der Waals surface area (Å²) in [5, 5.41) is 13.4. The molecule has 0 aliphatic carbocycles. The Kier molecular flexibility index (Phi) is 6.83. The highest BCUT2D eigenvalue weighted by atomic mass is 16.8.